The number of benzene rings is 1. The van der Waals surface area contributed by atoms with Gasteiger partial charge in [0.05, 0.1) is 0 Å². The molecule has 16 heavy (non-hydrogen) atoms. The summed E-state index contributed by atoms with van der Waals surface area (Å²) in [6, 6.07) is 8.39. The largest absolute Gasteiger partial charge is 0.480 e. The SMILES string of the molecule is CC1Cc2ccccc2N1CC(Cl)C(=O)O. The van der Waals surface area contributed by atoms with E-state index >= 15 is 0 Å². The van der Waals surface area contributed by atoms with Crippen LogP contribution >= 0.6 is 11.6 Å². The number of carboxylic acid groups (broad SMARTS) is 1. The van der Waals surface area contributed by atoms with Crippen LogP contribution in [0.3, 0.4) is 0 Å². The molecule has 1 heterocycles. The highest BCUT2D eigenvalue weighted by molar-refractivity contribution is 6.30. The lowest BCUT2D eigenvalue weighted by atomic mass is 10.1. The quantitative estimate of drug-likeness (QED) is 0.822. The van der Waals surface area contributed by atoms with Gasteiger partial charge in [0.25, 0.3) is 0 Å². The fraction of sp³-hybridized carbons (Fsp3) is 0.417. The molecule has 2 rings (SSSR count). The zero-order valence-corrected chi connectivity index (χ0v) is 9.81. The van der Waals surface area contributed by atoms with Crippen molar-refractivity contribution in [1.29, 1.82) is 0 Å². The molecule has 1 aromatic carbocycles. The highest BCUT2D eigenvalue weighted by Crippen LogP contribution is 2.32. The smallest absolute Gasteiger partial charge is 0.323 e. The maximum absolute atomic E-state index is 10.7. The molecule has 0 spiro atoms. The Balaban J connectivity index is 2.19. The average molecular weight is 240 g/mol. The number of carbonyl (C=O) groups is 1. The number of fused-ring (bicyclic) bond motifs is 1. The number of anilines is 1. The molecule has 0 saturated carbocycles. The van der Waals surface area contributed by atoms with Crippen LogP contribution in [0.5, 0.6) is 0 Å². The topological polar surface area (TPSA) is 40.5 Å². The van der Waals surface area contributed by atoms with Crippen LogP contribution < -0.4 is 4.90 Å². The summed E-state index contributed by atoms with van der Waals surface area (Å²) in [7, 11) is 0. The van der Waals surface area contributed by atoms with Crippen LogP contribution in [-0.4, -0.2) is 29.0 Å². The van der Waals surface area contributed by atoms with E-state index < -0.39 is 11.3 Å². The van der Waals surface area contributed by atoms with Crippen LogP contribution in [-0.2, 0) is 11.2 Å². The van der Waals surface area contributed by atoms with Gasteiger partial charge in [-0.1, -0.05) is 18.2 Å². The van der Waals surface area contributed by atoms with Gasteiger partial charge in [0.1, 0.15) is 5.38 Å². The van der Waals surface area contributed by atoms with Gasteiger partial charge in [-0.05, 0) is 25.0 Å². The summed E-state index contributed by atoms with van der Waals surface area (Å²) in [5, 5.41) is 7.96. The third-order valence-corrected chi connectivity index (χ3v) is 3.30. The van der Waals surface area contributed by atoms with E-state index in [9.17, 15) is 4.79 Å². The molecular formula is C12H14ClNO2. The van der Waals surface area contributed by atoms with E-state index in [4.69, 9.17) is 16.7 Å². The molecule has 0 fully saturated rings. The van der Waals surface area contributed by atoms with Gasteiger partial charge in [-0.2, -0.15) is 0 Å². The van der Waals surface area contributed by atoms with E-state index in [1.54, 1.807) is 0 Å². The van der Waals surface area contributed by atoms with Crippen molar-refractivity contribution >= 4 is 23.3 Å². The van der Waals surface area contributed by atoms with Crippen LogP contribution in [0.1, 0.15) is 12.5 Å². The standard InChI is InChI=1S/C12H14ClNO2/c1-8-6-9-4-2-3-5-11(9)14(8)7-10(13)12(15)16/h2-5,8,10H,6-7H2,1H3,(H,15,16). The molecule has 0 radical (unpaired) electrons. The molecule has 86 valence electrons. The number of rotatable bonds is 3. The predicted octanol–water partition coefficient (Wildman–Crippen LogP) is 2.13. The summed E-state index contributed by atoms with van der Waals surface area (Å²) in [6.07, 6.45) is 0.958. The molecule has 0 aliphatic carbocycles. The van der Waals surface area contributed by atoms with Crippen LogP contribution in [0.2, 0.25) is 0 Å². The second-order valence-corrected chi connectivity index (χ2v) is 4.67. The van der Waals surface area contributed by atoms with E-state index in [-0.39, 0.29) is 0 Å². The predicted molar refractivity (Wildman–Crippen MR) is 64.2 cm³/mol. The number of halogens is 1. The summed E-state index contributed by atoms with van der Waals surface area (Å²) < 4.78 is 0. The maximum Gasteiger partial charge on any atom is 0.323 e. The van der Waals surface area contributed by atoms with Gasteiger partial charge < -0.3 is 10.0 Å². The van der Waals surface area contributed by atoms with Crippen molar-refractivity contribution in [3.8, 4) is 0 Å². The zero-order valence-electron chi connectivity index (χ0n) is 9.06. The van der Waals surface area contributed by atoms with Crippen molar-refractivity contribution in [2.24, 2.45) is 0 Å². The first-order chi connectivity index (χ1) is 7.59. The minimum atomic E-state index is -0.960. The Labute approximate surface area is 99.6 Å². The van der Waals surface area contributed by atoms with E-state index in [0.717, 1.165) is 12.1 Å². The normalized spacial score (nSPS) is 20.6. The third-order valence-electron chi connectivity index (χ3n) is 2.97. The van der Waals surface area contributed by atoms with Gasteiger partial charge in [0, 0.05) is 18.3 Å². The molecule has 3 nitrogen and oxygen atoms in total. The Kier molecular flexibility index (Phi) is 3.06. The minimum absolute atomic E-state index is 0.318. The number of alkyl halides is 1. The van der Waals surface area contributed by atoms with Crippen LogP contribution in [0.4, 0.5) is 5.69 Å². The van der Waals surface area contributed by atoms with E-state index in [0.29, 0.717) is 12.6 Å². The highest BCUT2D eigenvalue weighted by Gasteiger charge is 2.28. The molecule has 0 aromatic heterocycles. The van der Waals surface area contributed by atoms with Gasteiger partial charge in [0.2, 0.25) is 0 Å². The van der Waals surface area contributed by atoms with Crippen LogP contribution in [0.15, 0.2) is 24.3 Å². The molecule has 1 aliphatic heterocycles. The lowest BCUT2D eigenvalue weighted by Crippen LogP contribution is -2.37. The van der Waals surface area contributed by atoms with Crippen molar-refractivity contribution in [1.82, 2.24) is 0 Å². The summed E-state index contributed by atoms with van der Waals surface area (Å²) in [5.41, 5.74) is 2.38. The molecule has 1 N–H and O–H groups in total. The van der Waals surface area contributed by atoms with Gasteiger partial charge in [-0.25, -0.2) is 0 Å². The number of nitrogens with zero attached hydrogens (tertiary/aromatic N) is 1. The first-order valence-corrected chi connectivity index (χ1v) is 5.74. The Bertz CT molecular complexity index is 408. The van der Waals surface area contributed by atoms with Gasteiger partial charge in [0.15, 0.2) is 0 Å². The van der Waals surface area contributed by atoms with Crippen molar-refractivity contribution in [3.05, 3.63) is 29.8 Å². The molecule has 4 heteroatoms. The van der Waals surface area contributed by atoms with Gasteiger partial charge in [-0.15, -0.1) is 11.6 Å². The second kappa shape index (κ2) is 4.34. The maximum atomic E-state index is 10.7. The lowest BCUT2D eigenvalue weighted by Gasteiger charge is -2.25. The van der Waals surface area contributed by atoms with Gasteiger partial charge in [-0.3, -0.25) is 4.79 Å². The Morgan fingerprint density at radius 1 is 1.62 bits per heavy atom. The number of carboxylic acids is 1. The first-order valence-electron chi connectivity index (χ1n) is 5.31. The fourth-order valence-electron chi connectivity index (χ4n) is 2.16. The Hall–Kier alpha value is -1.22. The van der Waals surface area contributed by atoms with E-state index in [1.807, 2.05) is 18.2 Å². The van der Waals surface area contributed by atoms with Crippen molar-refractivity contribution in [2.75, 3.05) is 11.4 Å². The third kappa shape index (κ3) is 2.00. The minimum Gasteiger partial charge on any atom is -0.480 e. The van der Waals surface area contributed by atoms with Crippen molar-refractivity contribution < 1.29 is 9.90 Å². The first kappa shape index (κ1) is 11.3. The zero-order chi connectivity index (χ0) is 11.7. The monoisotopic (exact) mass is 239 g/mol. The van der Waals surface area contributed by atoms with Gasteiger partial charge >= 0.3 is 5.97 Å². The van der Waals surface area contributed by atoms with E-state index in [2.05, 4.69) is 17.9 Å². The summed E-state index contributed by atoms with van der Waals surface area (Å²) in [6.45, 7) is 2.44. The van der Waals surface area contributed by atoms with E-state index in [1.165, 1.54) is 5.56 Å². The fourth-order valence-corrected chi connectivity index (χ4v) is 2.31. The Morgan fingerprint density at radius 3 is 3.00 bits per heavy atom. The lowest BCUT2D eigenvalue weighted by molar-refractivity contribution is -0.136. The van der Waals surface area contributed by atoms with Crippen LogP contribution in [0, 0.1) is 0 Å². The number of hydrogen-bond acceptors (Lipinski definition) is 2. The van der Waals surface area contributed by atoms with Crippen molar-refractivity contribution in [3.63, 3.8) is 0 Å². The molecule has 0 saturated heterocycles. The number of para-hydroxylation sites is 1. The second-order valence-electron chi connectivity index (χ2n) is 4.14. The summed E-state index contributed by atoms with van der Waals surface area (Å²) in [4.78, 5) is 12.8. The molecule has 2 atom stereocenters. The number of hydrogen-bond donors (Lipinski definition) is 1. The highest BCUT2D eigenvalue weighted by atomic mass is 35.5. The molecule has 0 bridgehead atoms. The average Bonchev–Trinajstić information content (AvgIpc) is 2.55. The molecular weight excluding hydrogens is 226 g/mol. The molecule has 0 amide bonds. The van der Waals surface area contributed by atoms with Crippen molar-refractivity contribution in [2.45, 2.75) is 24.8 Å². The molecule has 1 aliphatic rings. The molecule has 2 unspecified atom stereocenters. The van der Waals surface area contributed by atoms with Crippen LogP contribution in [0.25, 0.3) is 0 Å². The number of aliphatic carboxylic acids is 1. The molecule has 1 aromatic rings. The summed E-state index contributed by atoms with van der Waals surface area (Å²) in [5.74, 6) is -0.960. The summed E-state index contributed by atoms with van der Waals surface area (Å²) >= 11 is 5.79. The Morgan fingerprint density at radius 2 is 2.31 bits per heavy atom.